The van der Waals surface area contributed by atoms with E-state index in [1.165, 1.54) is 6.07 Å². The van der Waals surface area contributed by atoms with Gasteiger partial charge in [0.05, 0.1) is 5.57 Å². The summed E-state index contributed by atoms with van der Waals surface area (Å²) in [6.07, 6.45) is 8.18. The van der Waals surface area contributed by atoms with E-state index in [2.05, 4.69) is 20.6 Å². The van der Waals surface area contributed by atoms with Gasteiger partial charge in [-0.15, -0.1) is 0 Å². The first-order valence-corrected chi connectivity index (χ1v) is 11.7. The van der Waals surface area contributed by atoms with E-state index in [1.54, 1.807) is 24.4 Å². The number of Topliss-reactive ketones (excluding diaryl/α,β-unsaturated/α-hetero) is 1. The Morgan fingerprint density at radius 3 is 2.70 bits per heavy atom. The summed E-state index contributed by atoms with van der Waals surface area (Å²) in [5, 5.41) is 5.77. The number of anilines is 3. The summed E-state index contributed by atoms with van der Waals surface area (Å²) in [5.41, 5.74) is 4.56. The average molecular weight is 497 g/mol. The van der Waals surface area contributed by atoms with Gasteiger partial charge in [0.2, 0.25) is 0 Å². The molecule has 1 aliphatic heterocycles. The summed E-state index contributed by atoms with van der Waals surface area (Å²) < 4.78 is 26.6. The zero-order valence-corrected chi connectivity index (χ0v) is 19.6. The molecule has 8 heteroatoms. The number of hydrogen-bond donors (Lipinski definition) is 3. The largest absolute Gasteiger partial charge is 0.362 e. The summed E-state index contributed by atoms with van der Waals surface area (Å²) in [5.74, 6) is -1.83. The number of H-pyrrole nitrogens is 1. The Morgan fingerprint density at radius 1 is 1.00 bits per heavy atom. The van der Waals surface area contributed by atoms with Gasteiger partial charge in [-0.05, 0) is 60.5 Å². The monoisotopic (exact) mass is 496 g/mol. The number of nitrogens with zero attached hydrogens (tertiary/aromatic N) is 1. The highest BCUT2D eigenvalue weighted by molar-refractivity contribution is 6.34. The van der Waals surface area contributed by atoms with Crippen LogP contribution in [0.25, 0.3) is 17.7 Å². The summed E-state index contributed by atoms with van der Waals surface area (Å²) in [4.78, 5) is 32.4. The molecule has 1 aliphatic rings. The van der Waals surface area contributed by atoms with Crippen molar-refractivity contribution in [2.45, 2.75) is 12.8 Å². The summed E-state index contributed by atoms with van der Waals surface area (Å²) in [7, 11) is 0. The molecule has 2 aromatic carbocycles. The van der Waals surface area contributed by atoms with Gasteiger partial charge < -0.3 is 15.6 Å². The summed E-state index contributed by atoms with van der Waals surface area (Å²) in [6, 6.07) is 17.9. The molecule has 2 aromatic heterocycles. The number of allylic oxidation sites excluding steroid dienone is 1. The van der Waals surface area contributed by atoms with Crippen LogP contribution in [0.3, 0.4) is 0 Å². The first-order chi connectivity index (χ1) is 18.0. The zero-order chi connectivity index (χ0) is 25.8. The van der Waals surface area contributed by atoms with Crippen LogP contribution in [0.2, 0.25) is 0 Å². The zero-order valence-electron chi connectivity index (χ0n) is 19.6. The molecular weight excluding hydrogens is 474 g/mol. The molecule has 0 bridgehead atoms. The number of benzene rings is 2. The van der Waals surface area contributed by atoms with Gasteiger partial charge in [0.1, 0.15) is 11.5 Å². The molecule has 0 saturated carbocycles. The van der Waals surface area contributed by atoms with Gasteiger partial charge in [-0.25, -0.2) is 13.8 Å². The van der Waals surface area contributed by atoms with Crippen LogP contribution in [-0.2, 0) is 4.79 Å². The first kappa shape index (κ1) is 23.9. The predicted molar refractivity (Wildman–Crippen MR) is 140 cm³/mol. The number of aromatic nitrogens is 2. The lowest BCUT2D eigenvalue weighted by atomic mass is 10.0. The minimum atomic E-state index is -0.969. The van der Waals surface area contributed by atoms with Gasteiger partial charge >= 0.3 is 0 Å². The third-order valence-corrected chi connectivity index (χ3v) is 5.82. The number of nitrogens with one attached hydrogen (secondary N) is 3. The van der Waals surface area contributed by atoms with Crippen molar-refractivity contribution >= 4 is 46.6 Å². The maximum atomic E-state index is 13.4. The maximum Gasteiger partial charge on any atom is 0.256 e. The Balaban J connectivity index is 1.19. The quantitative estimate of drug-likeness (QED) is 0.189. The molecule has 0 unspecified atom stereocenters. The molecule has 6 nitrogen and oxygen atoms in total. The second kappa shape index (κ2) is 10.4. The lowest BCUT2D eigenvalue weighted by Crippen LogP contribution is -2.04. The van der Waals surface area contributed by atoms with Crippen molar-refractivity contribution in [1.29, 1.82) is 0 Å². The molecule has 0 aliphatic carbocycles. The number of rotatable bonds is 8. The lowest BCUT2D eigenvalue weighted by molar-refractivity contribution is -0.110. The van der Waals surface area contributed by atoms with Crippen molar-refractivity contribution in [3.8, 4) is 0 Å². The molecule has 3 N–H and O–H groups in total. The first-order valence-electron chi connectivity index (χ1n) is 11.7. The highest BCUT2D eigenvalue weighted by Gasteiger charge is 2.24. The molecule has 0 saturated heterocycles. The van der Waals surface area contributed by atoms with Crippen LogP contribution in [0.15, 0.2) is 79.0 Å². The van der Waals surface area contributed by atoms with Crippen molar-refractivity contribution < 1.29 is 18.4 Å². The second-order valence-corrected chi connectivity index (χ2v) is 8.47. The van der Waals surface area contributed by atoms with E-state index in [-0.39, 0.29) is 23.8 Å². The maximum absolute atomic E-state index is 13.4. The molecule has 37 heavy (non-hydrogen) atoms. The SMILES string of the molecule is O=C1Nc2cc(/C=C/CCC(=O)c3cccc(Nc4ccc(F)c(F)c4)n3)ccc2/C1=C/c1ccc[nH]1. The fourth-order valence-electron chi connectivity index (χ4n) is 3.99. The number of carbonyl (C=O) groups excluding carboxylic acids is 2. The van der Waals surface area contributed by atoms with E-state index in [1.807, 2.05) is 48.6 Å². The Kier molecular flexibility index (Phi) is 6.72. The van der Waals surface area contributed by atoms with Crippen molar-refractivity contribution in [1.82, 2.24) is 9.97 Å². The van der Waals surface area contributed by atoms with E-state index >= 15 is 0 Å². The lowest BCUT2D eigenvalue weighted by Gasteiger charge is -2.07. The third kappa shape index (κ3) is 5.54. The number of amides is 1. The van der Waals surface area contributed by atoms with Crippen molar-refractivity contribution in [2.24, 2.45) is 0 Å². The van der Waals surface area contributed by atoms with Crippen LogP contribution < -0.4 is 10.6 Å². The van der Waals surface area contributed by atoms with E-state index in [4.69, 9.17) is 0 Å². The molecule has 1 amide bonds. The Labute approximate surface area is 211 Å². The molecule has 5 rings (SSSR count). The molecule has 3 heterocycles. The smallest absolute Gasteiger partial charge is 0.256 e. The number of fused-ring (bicyclic) bond motifs is 1. The molecule has 4 aromatic rings. The highest BCUT2D eigenvalue weighted by atomic mass is 19.2. The molecule has 184 valence electrons. The van der Waals surface area contributed by atoms with Crippen molar-refractivity contribution in [2.75, 3.05) is 10.6 Å². The van der Waals surface area contributed by atoms with Crippen LogP contribution in [-0.4, -0.2) is 21.7 Å². The third-order valence-electron chi connectivity index (χ3n) is 5.82. The van der Waals surface area contributed by atoms with Crippen molar-refractivity contribution in [3.05, 3.63) is 113 Å². The van der Waals surface area contributed by atoms with E-state index in [0.717, 1.165) is 34.6 Å². The fraction of sp³-hybridized carbons (Fsp3) is 0.0690. The summed E-state index contributed by atoms with van der Waals surface area (Å²) >= 11 is 0. The van der Waals surface area contributed by atoms with Crippen LogP contribution in [0.1, 0.15) is 40.2 Å². The number of carbonyl (C=O) groups is 2. The standard InChI is InChI=1S/C29H22F2N4O2/c30-23-13-11-20(17-24(23)31)33-28-9-3-7-25(34-28)27(36)8-2-1-5-18-10-12-21-22(16-19-6-4-14-32-19)29(37)35-26(21)15-18/h1,3-7,9-17,32H,2,8H2,(H,33,34)(H,35,37)/b5-1+,22-16-. The Morgan fingerprint density at radius 2 is 1.89 bits per heavy atom. The number of halogens is 2. The minimum Gasteiger partial charge on any atom is -0.362 e. The van der Waals surface area contributed by atoms with Crippen LogP contribution >= 0.6 is 0 Å². The van der Waals surface area contributed by atoms with E-state index in [9.17, 15) is 18.4 Å². The fourth-order valence-corrected chi connectivity index (χ4v) is 3.99. The van der Waals surface area contributed by atoms with Gasteiger partial charge in [-0.2, -0.15) is 0 Å². The molecule has 0 radical (unpaired) electrons. The average Bonchev–Trinajstić information content (AvgIpc) is 3.52. The normalized spacial score (nSPS) is 13.7. The number of pyridine rings is 1. The summed E-state index contributed by atoms with van der Waals surface area (Å²) in [6.45, 7) is 0. The van der Waals surface area contributed by atoms with Gasteiger partial charge in [-0.3, -0.25) is 9.59 Å². The Hall–Kier alpha value is -4.85. The van der Waals surface area contributed by atoms with Crippen LogP contribution in [0.5, 0.6) is 0 Å². The van der Waals surface area contributed by atoms with Crippen molar-refractivity contribution in [3.63, 3.8) is 0 Å². The minimum absolute atomic E-state index is 0.140. The van der Waals surface area contributed by atoms with Crippen LogP contribution in [0.4, 0.5) is 26.0 Å². The molecule has 0 fully saturated rings. The Bertz CT molecular complexity index is 1540. The van der Waals surface area contributed by atoms with Gasteiger partial charge in [0.25, 0.3) is 5.91 Å². The van der Waals surface area contributed by atoms with Crippen LogP contribution in [0, 0.1) is 11.6 Å². The number of aromatic amines is 1. The van der Waals surface area contributed by atoms with Gasteiger partial charge in [0, 0.05) is 41.3 Å². The highest BCUT2D eigenvalue weighted by Crippen LogP contribution is 2.34. The second-order valence-electron chi connectivity index (χ2n) is 8.47. The van der Waals surface area contributed by atoms with Gasteiger partial charge in [0.15, 0.2) is 17.4 Å². The number of ketones is 1. The van der Waals surface area contributed by atoms with E-state index in [0.29, 0.717) is 23.5 Å². The molecule has 0 spiro atoms. The predicted octanol–water partition coefficient (Wildman–Crippen LogP) is 6.60. The van der Waals surface area contributed by atoms with E-state index < -0.39 is 11.6 Å². The number of hydrogen-bond acceptors (Lipinski definition) is 4. The molecule has 0 atom stereocenters. The topological polar surface area (TPSA) is 86.9 Å². The van der Waals surface area contributed by atoms with Gasteiger partial charge in [-0.1, -0.05) is 30.4 Å². The molecular formula is C29H22F2N4O2.